The van der Waals surface area contributed by atoms with Crippen LogP contribution >= 0.6 is 0 Å². The first-order valence-corrected chi connectivity index (χ1v) is 3.56. The predicted molar refractivity (Wildman–Crippen MR) is 38.8 cm³/mol. The third kappa shape index (κ3) is 1.24. The van der Waals surface area contributed by atoms with Gasteiger partial charge < -0.3 is 5.01 Å². The molecule has 0 atom stereocenters. The molecule has 0 unspecified atom stereocenters. The van der Waals surface area contributed by atoms with Gasteiger partial charge in [-0.05, 0) is 6.92 Å². The van der Waals surface area contributed by atoms with Crippen LogP contribution in [0.3, 0.4) is 0 Å². The molecule has 9 heavy (non-hydrogen) atoms. The van der Waals surface area contributed by atoms with E-state index in [0.29, 0.717) is 0 Å². The Bertz CT molecular complexity index is 109. The minimum absolute atomic E-state index is 1.09. The van der Waals surface area contributed by atoms with Crippen molar-refractivity contribution in [3.63, 3.8) is 0 Å². The number of hydrazine groups is 1. The number of likely N-dealkylation sites (N-methyl/N-ethyl adjacent to an activating group) is 1. The van der Waals surface area contributed by atoms with Gasteiger partial charge in [0.1, 0.15) is 0 Å². The molecular weight excluding hydrogens is 112 g/mol. The van der Waals surface area contributed by atoms with E-state index >= 15 is 0 Å². The van der Waals surface area contributed by atoms with Gasteiger partial charge in [0.2, 0.25) is 0 Å². The highest BCUT2D eigenvalue weighted by molar-refractivity contribution is 4.90. The van der Waals surface area contributed by atoms with Crippen molar-refractivity contribution in [1.29, 1.82) is 0 Å². The Kier molecular flexibility index (Phi) is 2.11. The average molecular weight is 126 g/mol. The van der Waals surface area contributed by atoms with Crippen molar-refractivity contribution in [3.05, 3.63) is 12.3 Å². The van der Waals surface area contributed by atoms with Crippen molar-refractivity contribution < 1.29 is 0 Å². The Hall–Kier alpha value is -0.500. The lowest BCUT2D eigenvalue weighted by Crippen LogP contribution is -2.34. The van der Waals surface area contributed by atoms with Crippen molar-refractivity contribution in [2.75, 3.05) is 19.6 Å². The Balaban J connectivity index is 2.39. The second-order valence-corrected chi connectivity index (χ2v) is 2.15. The maximum absolute atomic E-state index is 2.31. The Morgan fingerprint density at radius 3 is 2.56 bits per heavy atom. The van der Waals surface area contributed by atoms with Crippen LogP contribution in [-0.4, -0.2) is 29.7 Å². The fourth-order valence-corrected chi connectivity index (χ4v) is 1.11. The fourth-order valence-electron chi connectivity index (χ4n) is 1.11. The van der Waals surface area contributed by atoms with Crippen LogP contribution in [0, 0.1) is 0 Å². The standard InChI is InChI=1S/C7H14N2/c1-3-8-6-5-7-9(8)4-2/h5-6H,3-4,7H2,1-2H3. The molecular formula is C7H14N2. The zero-order valence-electron chi connectivity index (χ0n) is 6.17. The quantitative estimate of drug-likeness (QED) is 0.546. The normalized spacial score (nSPS) is 19.6. The van der Waals surface area contributed by atoms with E-state index in [1.54, 1.807) is 0 Å². The zero-order valence-corrected chi connectivity index (χ0v) is 6.17. The third-order valence-corrected chi connectivity index (χ3v) is 1.65. The molecule has 0 saturated heterocycles. The van der Waals surface area contributed by atoms with Gasteiger partial charge >= 0.3 is 0 Å². The SMILES string of the molecule is CCN1C=CCN1CC. The van der Waals surface area contributed by atoms with E-state index in [1.807, 2.05) is 0 Å². The Morgan fingerprint density at radius 1 is 1.33 bits per heavy atom. The molecule has 0 spiro atoms. The summed E-state index contributed by atoms with van der Waals surface area (Å²) in [5.74, 6) is 0. The van der Waals surface area contributed by atoms with E-state index in [1.165, 1.54) is 0 Å². The molecule has 2 heteroatoms. The van der Waals surface area contributed by atoms with Gasteiger partial charge in [-0.1, -0.05) is 13.0 Å². The number of hydrogen-bond acceptors (Lipinski definition) is 2. The van der Waals surface area contributed by atoms with Gasteiger partial charge in [-0.15, -0.1) is 0 Å². The molecule has 0 bridgehead atoms. The fraction of sp³-hybridized carbons (Fsp3) is 0.714. The molecule has 0 aromatic heterocycles. The molecule has 0 fully saturated rings. The van der Waals surface area contributed by atoms with E-state index in [-0.39, 0.29) is 0 Å². The first-order chi connectivity index (χ1) is 4.38. The molecule has 0 radical (unpaired) electrons. The lowest BCUT2D eigenvalue weighted by atomic mass is 10.6. The van der Waals surface area contributed by atoms with E-state index in [4.69, 9.17) is 0 Å². The summed E-state index contributed by atoms with van der Waals surface area (Å²) in [5, 5.41) is 4.54. The first kappa shape index (κ1) is 6.62. The van der Waals surface area contributed by atoms with Crippen LogP contribution in [0.15, 0.2) is 12.3 Å². The minimum atomic E-state index is 1.09. The summed E-state index contributed by atoms with van der Waals surface area (Å²) >= 11 is 0. The molecule has 1 aliphatic rings. The van der Waals surface area contributed by atoms with Crippen molar-refractivity contribution in [2.24, 2.45) is 0 Å². The van der Waals surface area contributed by atoms with Crippen LogP contribution < -0.4 is 0 Å². The van der Waals surface area contributed by atoms with Crippen molar-refractivity contribution >= 4 is 0 Å². The van der Waals surface area contributed by atoms with Gasteiger partial charge in [0.05, 0.1) is 0 Å². The van der Waals surface area contributed by atoms with Gasteiger partial charge in [-0.2, -0.15) is 0 Å². The summed E-state index contributed by atoms with van der Waals surface area (Å²) in [6, 6.07) is 0. The number of hydrogen-bond donors (Lipinski definition) is 0. The summed E-state index contributed by atoms with van der Waals surface area (Å²) in [6.45, 7) is 7.63. The molecule has 1 rings (SSSR count). The summed E-state index contributed by atoms with van der Waals surface area (Å²) in [6.07, 6.45) is 4.33. The second kappa shape index (κ2) is 2.87. The molecule has 0 amide bonds. The van der Waals surface area contributed by atoms with Crippen molar-refractivity contribution in [1.82, 2.24) is 10.0 Å². The highest BCUT2D eigenvalue weighted by Crippen LogP contribution is 2.04. The molecule has 52 valence electrons. The van der Waals surface area contributed by atoms with Gasteiger partial charge in [0.15, 0.2) is 0 Å². The highest BCUT2D eigenvalue weighted by atomic mass is 15.6. The second-order valence-electron chi connectivity index (χ2n) is 2.15. The van der Waals surface area contributed by atoms with Crippen LogP contribution in [0.25, 0.3) is 0 Å². The Labute approximate surface area is 56.7 Å². The molecule has 0 saturated carbocycles. The van der Waals surface area contributed by atoms with Crippen LogP contribution in [0.4, 0.5) is 0 Å². The van der Waals surface area contributed by atoms with Crippen molar-refractivity contribution in [2.45, 2.75) is 13.8 Å². The van der Waals surface area contributed by atoms with Crippen LogP contribution in [0.5, 0.6) is 0 Å². The lowest BCUT2D eigenvalue weighted by molar-refractivity contribution is 0.0642. The molecule has 0 N–H and O–H groups in total. The summed E-state index contributed by atoms with van der Waals surface area (Å²) < 4.78 is 0. The average Bonchev–Trinajstić information content (AvgIpc) is 2.33. The first-order valence-electron chi connectivity index (χ1n) is 3.56. The van der Waals surface area contributed by atoms with Crippen molar-refractivity contribution in [3.8, 4) is 0 Å². The molecule has 0 aliphatic carbocycles. The van der Waals surface area contributed by atoms with Gasteiger partial charge in [-0.3, -0.25) is 0 Å². The summed E-state index contributed by atoms with van der Waals surface area (Å²) in [4.78, 5) is 0. The third-order valence-electron chi connectivity index (χ3n) is 1.65. The predicted octanol–water partition coefficient (Wildman–Crippen LogP) is 1.07. The molecule has 0 aromatic rings. The largest absolute Gasteiger partial charge is 0.313 e. The molecule has 1 heterocycles. The van der Waals surface area contributed by atoms with Crippen LogP contribution in [0.2, 0.25) is 0 Å². The van der Waals surface area contributed by atoms with Crippen LogP contribution in [-0.2, 0) is 0 Å². The lowest BCUT2D eigenvalue weighted by Gasteiger charge is -2.26. The monoisotopic (exact) mass is 126 g/mol. The zero-order chi connectivity index (χ0) is 6.69. The Morgan fingerprint density at radius 2 is 2.11 bits per heavy atom. The highest BCUT2D eigenvalue weighted by Gasteiger charge is 2.09. The van der Waals surface area contributed by atoms with Gasteiger partial charge in [0.25, 0.3) is 0 Å². The maximum atomic E-state index is 2.31. The molecule has 1 aliphatic heterocycles. The molecule has 0 aromatic carbocycles. The number of nitrogens with zero attached hydrogens (tertiary/aromatic N) is 2. The van der Waals surface area contributed by atoms with Gasteiger partial charge in [0, 0.05) is 25.8 Å². The van der Waals surface area contributed by atoms with Crippen LogP contribution in [0.1, 0.15) is 13.8 Å². The maximum Gasteiger partial charge on any atom is 0.0378 e. The van der Waals surface area contributed by atoms with E-state index in [9.17, 15) is 0 Å². The summed E-state index contributed by atoms with van der Waals surface area (Å²) in [5.41, 5.74) is 0. The van der Waals surface area contributed by atoms with E-state index in [2.05, 4.69) is 36.1 Å². The van der Waals surface area contributed by atoms with E-state index in [0.717, 1.165) is 19.6 Å². The molecule has 2 nitrogen and oxygen atoms in total. The summed E-state index contributed by atoms with van der Waals surface area (Å²) in [7, 11) is 0. The number of rotatable bonds is 2. The van der Waals surface area contributed by atoms with Gasteiger partial charge in [-0.25, -0.2) is 5.01 Å². The smallest absolute Gasteiger partial charge is 0.0378 e. The topological polar surface area (TPSA) is 6.48 Å². The minimum Gasteiger partial charge on any atom is -0.313 e. The van der Waals surface area contributed by atoms with E-state index < -0.39 is 0 Å².